The fourth-order valence-electron chi connectivity index (χ4n) is 1.55. The normalized spacial score (nSPS) is 23.1. The lowest BCUT2D eigenvalue weighted by atomic mass is 10.1. The maximum Gasteiger partial charge on any atom is 0.239 e. The highest BCUT2D eigenvalue weighted by Gasteiger charge is 2.26. The molecule has 0 aromatic rings. The highest BCUT2D eigenvalue weighted by molar-refractivity contribution is 7.99. The van der Waals surface area contributed by atoms with Crippen LogP contribution in [0.25, 0.3) is 0 Å². The van der Waals surface area contributed by atoms with E-state index in [9.17, 15) is 4.79 Å². The van der Waals surface area contributed by atoms with Crippen LogP contribution >= 0.6 is 11.8 Å². The van der Waals surface area contributed by atoms with Gasteiger partial charge in [0.05, 0.1) is 6.04 Å². The van der Waals surface area contributed by atoms with Crippen LogP contribution in [0.5, 0.6) is 0 Å². The van der Waals surface area contributed by atoms with Gasteiger partial charge in [-0.1, -0.05) is 6.08 Å². The fraction of sp³-hybridized carbons (Fsp3) is 0.700. The molecule has 1 fully saturated rings. The van der Waals surface area contributed by atoms with Crippen molar-refractivity contribution in [2.75, 3.05) is 18.6 Å². The van der Waals surface area contributed by atoms with E-state index in [0.29, 0.717) is 12.5 Å². The van der Waals surface area contributed by atoms with Crippen LogP contribution in [0, 0.1) is 0 Å². The van der Waals surface area contributed by atoms with Crippen LogP contribution in [0.4, 0.5) is 0 Å². The largest absolute Gasteiger partial charge is 0.341 e. The molecule has 0 radical (unpaired) electrons. The van der Waals surface area contributed by atoms with Gasteiger partial charge in [0.25, 0.3) is 0 Å². The van der Waals surface area contributed by atoms with Crippen molar-refractivity contribution in [2.45, 2.75) is 24.9 Å². The molecule has 1 amide bonds. The molecule has 0 aromatic carbocycles. The van der Waals surface area contributed by atoms with Gasteiger partial charge in [-0.05, 0) is 18.6 Å². The van der Waals surface area contributed by atoms with E-state index >= 15 is 0 Å². The number of amides is 1. The Bertz CT molecular complexity index is 214. The van der Waals surface area contributed by atoms with E-state index in [2.05, 4.69) is 6.58 Å². The van der Waals surface area contributed by atoms with Gasteiger partial charge in [-0.25, -0.2) is 0 Å². The Hall–Kier alpha value is -0.480. The minimum atomic E-state index is -0.414. The van der Waals surface area contributed by atoms with Crippen molar-refractivity contribution in [2.24, 2.45) is 5.73 Å². The summed E-state index contributed by atoms with van der Waals surface area (Å²) in [6.45, 7) is 3.59. The van der Waals surface area contributed by atoms with Crippen molar-refractivity contribution < 1.29 is 4.79 Å². The van der Waals surface area contributed by atoms with Crippen molar-refractivity contribution >= 4 is 17.7 Å². The number of likely N-dealkylation sites (N-methyl/N-ethyl adjacent to an activating group) is 1. The zero-order valence-electron chi connectivity index (χ0n) is 8.61. The summed E-state index contributed by atoms with van der Waals surface area (Å²) in [6, 6.07) is -0.0357. The Balaban J connectivity index is 2.45. The summed E-state index contributed by atoms with van der Waals surface area (Å²) in [6.07, 6.45) is 3.34. The maximum absolute atomic E-state index is 11.8. The van der Waals surface area contributed by atoms with E-state index in [4.69, 9.17) is 5.73 Å². The van der Waals surface area contributed by atoms with Crippen molar-refractivity contribution in [1.29, 1.82) is 0 Å². The number of rotatable bonds is 4. The molecule has 0 spiro atoms. The van der Waals surface area contributed by atoms with Crippen molar-refractivity contribution in [3.8, 4) is 0 Å². The molecule has 0 bridgehead atoms. The van der Waals surface area contributed by atoms with Gasteiger partial charge in [-0.2, -0.15) is 11.8 Å². The van der Waals surface area contributed by atoms with Gasteiger partial charge in [0.2, 0.25) is 5.91 Å². The van der Waals surface area contributed by atoms with Gasteiger partial charge in [0.1, 0.15) is 0 Å². The van der Waals surface area contributed by atoms with Crippen LogP contribution in [0.3, 0.4) is 0 Å². The summed E-state index contributed by atoms with van der Waals surface area (Å²) in [7, 11) is 1.85. The first-order valence-electron chi connectivity index (χ1n) is 4.87. The molecule has 0 aromatic heterocycles. The van der Waals surface area contributed by atoms with Gasteiger partial charge in [-0.15, -0.1) is 6.58 Å². The van der Waals surface area contributed by atoms with E-state index in [0.717, 1.165) is 17.9 Å². The lowest BCUT2D eigenvalue weighted by molar-refractivity contribution is -0.132. The van der Waals surface area contributed by atoms with Gasteiger partial charge in [0, 0.05) is 18.8 Å². The van der Waals surface area contributed by atoms with Crippen LogP contribution in [0.2, 0.25) is 0 Å². The summed E-state index contributed by atoms with van der Waals surface area (Å²) in [4.78, 5) is 13.6. The van der Waals surface area contributed by atoms with Gasteiger partial charge < -0.3 is 10.6 Å². The predicted octanol–water partition coefficient (Wildman–Crippen LogP) is 0.854. The van der Waals surface area contributed by atoms with Crippen LogP contribution in [0.1, 0.15) is 12.8 Å². The smallest absolute Gasteiger partial charge is 0.239 e. The summed E-state index contributed by atoms with van der Waals surface area (Å²) < 4.78 is 0. The monoisotopic (exact) mass is 214 g/mol. The topological polar surface area (TPSA) is 46.3 Å². The third kappa shape index (κ3) is 2.75. The molecule has 4 heteroatoms. The first-order chi connectivity index (χ1) is 6.66. The summed E-state index contributed by atoms with van der Waals surface area (Å²) in [5.41, 5.74) is 5.73. The average Bonchev–Trinajstić information content (AvgIpc) is 2.68. The Morgan fingerprint density at radius 2 is 2.57 bits per heavy atom. The zero-order valence-corrected chi connectivity index (χ0v) is 9.43. The SMILES string of the molecule is C=CCC(N)C(=O)N(C)C1CCSC1. The molecule has 2 atom stereocenters. The van der Waals surface area contributed by atoms with Crippen LogP contribution < -0.4 is 5.73 Å². The number of nitrogens with two attached hydrogens (primary N) is 1. The highest BCUT2D eigenvalue weighted by atomic mass is 32.2. The van der Waals surface area contributed by atoms with E-state index in [-0.39, 0.29) is 5.91 Å². The van der Waals surface area contributed by atoms with Crippen LogP contribution in [0.15, 0.2) is 12.7 Å². The number of hydrogen-bond acceptors (Lipinski definition) is 3. The first-order valence-corrected chi connectivity index (χ1v) is 6.03. The molecule has 2 unspecified atom stereocenters. The van der Waals surface area contributed by atoms with Crippen LogP contribution in [-0.2, 0) is 4.79 Å². The van der Waals surface area contributed by atoms with Gasteiger partial charge in [0.15, 0.2) is 0 Å². The second kappa shape index (κ2) is 5.41. The van der Waals surface area contributed by atoms with Crippen molar-refractivity contribution in [1.82, 2.24) is 4.90 Å². The van der Waals surface area contributed by atoms with E-state index in [1.54, 1.807) is 11.0 Å². The Morgan fingerprint density at radius 1 is 1.86 bits per heavy atom. The Morgan fingerprint density at radius 3 is 3.07 bits per heavy atom. The standard InChI is InChI=1S/C10H18N2OS/c1-3-4-9(11)10(13)12(2)8-5-6-14-7-8/h3,8-9H,1,4-7,11H2,2H3. The average molecular weight is 214 g/mol. The second-order valence-corrected chi connectivity index (χ2v) is 4.75. The van der Waals surface area contributed by atoms with Crippen LogP contribution in [-0.4, -0.2) is 41.4 Å². The lowest BCUT2D eigenvalue weighted by Crippen LogP contribution is -2.46. The molecule has 3 nitrogen and oxygen atoms in total. The number of carbonyl (C=O) groups excluding carboxylic acids is 1. The number of carbonyl (C=O) groups is 1. The maximum atomic E-state index is 11.8. The predicted molar refractivity (Wildman–Crippen MR) is 61.3 cm³/mol. The molecule has 2 N–H and O–H groups in total. The van der Waals surface area contributed by atoms with E-state index in [1.807, 2.05) is 18.8 Å². The molecule has 1 aliphatic rings. The van der Waals surface area contributed by atoms with Crippen molar-refractivity contribution in [3.63, 3.8) is 0 Å². The third-order valence-corrected chi connectivity index (χ3v) is 3.68. The van der Waals surface area contributed by atoms with Crippen molar-refractivity contribution in [3.05, 3.63) is 12.7 Å². The molecule has 1 heterocycles. The number of hydrogen-bond donors (Lipinski definition) is 1. The minimum Gasteiger partial charge on any atom is -0.341 e. The highest BCUT2D eigenvalue weighted by Crippen LogP contribution is 2.21. The lowest BCUT2D eigenvalue weighted by Gasteiger charge is -2.26. The molecule has 14 heavy (non-hydrogen) atoms. The third-order valence-electron chi connectivity index (χ3n) is 2.54. The van der Waals surface area contributed by atoms with E-state index in [1.165, 1.54) is 0 Å². The summed E-state index contributed by atoms with van der Waals surface area (Å²) >= 11 is 1.90. The van der Waals surface area contributed by atoms with Gasteiger partial charge >= 0.3 is 0 Å². The number of nitrogens with zero attached hydrogens (tertiary/aromatic N) is 1. The molecule has 1 rings (SSSR count). The van der Waals surface area contributed by atoms with Gasteiger partial charge in [-0.3, -0.25) is 4.79 Å². The molecular formula is C10H18N2OS. The van der Waals surface area contributed by atoms with E-state index < -0.39 is 6.04 Å². The Labute approximate surface area is 89.7 Å². The summed E-state index contributed by atoms with van der Waals surface area (Å²) in [5, 5.41) is 0. The Kier molecular flexibility index (Phi) is 4.48. The zero-order chi connectivity index (χ0) is 10.6. The second-order valence-electron chi connectivity index (χ2n) is 3.60. The quantitative estimate of drug-likeness (QED) is 0.706. The molecule has 1 aliphatic heterocycles. The molecule has 0 saturated carbocycles. The minimum absolute atomic E-state index is 0.0393. The molecule has 1 saturated heterocycles. The summed E-state index contributed by atoms with van der Waals surface area (Å²) in [5.74, 6) is 2.24. The molecule has 80 valence electrons. The first kappa shape index (κ1) is 11.6. The fourth-order valence-corrected chi connectivity index (χ4v) is 2.82. The molecular weight excluding hydrogens is 196 g/mol. The number of thioether (sulfide) groups is 1. The molecule has 0 aliphatic carbocycles.